The van der Waals surface area contributed by atoms with Crippen molar-refractivity contribution in [2.75, 3.05) is 5.43 Å². The molecule has 0 fully saturated rings. The number of hydrazine groups is 1. The van der Waals surface area contributed by atoms with Gasteiger partial charge in [0.15, 0.2) is 11.6 Å². The average molecular weight is 219 g/mol. The minimum absolute atomic E-state index is 0.00427. The molecule has 0 spiro atoms. The van der Waals surface area contributed by atoms with Gasteiger partial charge in [0.05, 0.1) is 6.20 Å². The zero-order valence-electron chi connectivity index (χ0n) is 8.23. The lowest BCUT2D eigenvalue weighted by molar-refractivity contribution is 0.461. The first-order valence-corrected chi connectivity index (χ1v) is 4.47. The van der Waals surface area contributed by atoms with Crippen LogP contribution in [0.4, 0.5) is 10.2 Å². The van der Waals surface area contributed by atoms with Crippen molar-refractivity contribution >= 4 is 17.4 Å². The highest BCUT2D eigenvalue weighted by molar-refractivity contribution is 6.28. The van der Waals surface area contributed by atoms with Crippen molar-refractivity contribution in [3.05, 3.63) is 17.3 Å². The minimum atomic E-state index is -0.550. The number of aromatic nitrogens is 2. The maximum absolute atomic E-state index is 13.1. The summed E-state index contributed by atoms with van der Waals surface area (Å²) in [5, 5.41) is 0.00427. The highest BCUT2D eigenvalue weighted by Crippen LogP contribution is 2.11. The van der Waals surface area contributed by atoms with Crippen LogP contribution in [0.3, 0.4) is 0 Å². The Balaban J connectivity index is 2.72. The normalized spacial score (nSPS) is 11.5. The van der Waals surface area contributed by atoms with Crippen LogP contribution in [0.5, 0.6) is 0 Å². The number of rotatable bonds is 2. The van der Waals surface area contributed by atoms with E-state index in [0.29, 0.717) is 0 Å². The van der Waals surface area contributed by atoms with E-state index in [1.165, 1.54) is 0 Å². The summed E-state index contributed by atoms with van der Waals surface area (Å²) in [6, 6.07) is 0. The second-order valence-electron chi connectivity index (χ2n) is 3.84. The van der Waals surface area contributed by atoms with Gasteiger partial charge in [-0.25, -0.2) is 14.8 Å². The Morgan fingerprint density at radius 2 is 2.07 bits per heavy atom. The van der Waals surface area contributed by atoms with Gasteiger partial charge in [0.25, 0.3) is 0 Å². The van der Waals surface area contributed by atoms with Crippen LogP contribution in [-0.4, -0.2) is 15.5 Å². The SMILES string of the molecule is CC(C)(C)NNc1nc(Cl)ncc1F. The quantitative estimate of drug-likeness (QED) is 0.589. The second kappa shape index (κ2) is 4.06. The zero-order chi connectivity index (χ0) is 10.8. The van der Waals surface area contributed by atoms with Crippen LogP contribution in [-0.2, 0) is 0 Å². The number of nitrogens with zero attached hydrogens (tertiary/aromatic N) is 2. The lowest BCUT2D eigenvalue weighted by atomic mass is 10.1. The fourth-order valence-corrected chi connectivity index (χ4v) is 0.813. The van der Waals surface area contributed by atoms with Crippen molar-refractivity contribution in [3.63, 3.8) is 0 Å². The summed E-state index contributed by atoms with van der Waals surface area (Å²) in [6.45, 7) is 5.79. The predicted molar refractivity (Wildman–Crippen MR) is 53.5 cm³/mol. The highest BCUT2D eigenvalue weighted by Gasteiger charge is 2.11. The second-order valence-corrected chi connectivity index (χ2v) is 4.17. The predicted octanol–water partition coefficient (Wildman–Crippen LogP) is 1.98. The van der Waals surface area contributed by atoms with Gasteiger partial charge in [-0.1, -0.05) is 0 Å². The van der Waals surface area contributed by atoms with Crippen molar-refractivity contribution < 1.29 is 4.39 Å². The van der Waals surface area contributed by atoms with Gasteiger partial charge in [-0.3, -0.25) is 0 Å². The molecule has 0 atom stereocenters. The third-order valence-corrected chi connectivity index (χ3v) is 1.45. The molecule has 1 aromatic heterocycles. The van der Waals surface area contributed by atoms with Crippen molar-refractivity contribution in [3.8, 4) is 0 Å². The van der Waals surface area contributed by atoms with Gasteiger partial charge in [0, 0.05) is 5.54 Å². The molecule has 0 bridgehead atoms. The summed E-state index contributed by atoms with van der Waals surface area (Å²) in [5.74, 6) is -0.508. The molecule has 0 radical (unpaired) electrons. The summed E-state index contributed by atoms with van der Waals surface area (Å²) in [7, 11) is 0. The van der Waals surface area contributed by atoms with Crippen LogP contribution in [0, 0.1) is 5.82 Å². The molecule has 1 aromatic rings. The van der Waals surface area contributed by atoms with E-state index in [4.69, 9.17) is 11.6 Å². The first-order valence-electron chi connectivity index (χ1n) is 4.10. The van der Waals surface area contributed by atoms with Gasteiger partial charge in [-0.05, 0) is 32.4 Å². The van der Waals surface area contributed by atoms with Crippen molar-refractivity contribution in [2.45, 2.75) is 26.3 Å². The number of halogens is 2. The largest absolute Gasteiger partial charge is 0.303 e. The van der Waals surface area contributed by atoms with E-state index < -0.39 is 5.82 Å². The zero-order valence-corrected chi connectivity index (χ0v) is 8.98. The minimum Gasteiger partial charge on any atom is -0.303 e. The van der Waals surface area contributed by atoms with Crippen LogP contribution >= 0.6 is 11.6 Å². The first-order chi connectivity index (χ1) is 6.38. The van der Waals surface area contributed by atoms with E-state index in [2.05, 4.69) is 20.8 Å². The van der Waals surface area contributed by atoms with Crippen LogP contribution in [0.15, 0.2) is 6.20 Å². The van der Waals surface area contributed by atoms with Gasteiger partial charge in [0.2, 0.25) is 5.28 Å². The van der Waals surface area contributed by atoms with E-state index in [-0.39, 0.29) is 16.6 Å². The van der Waals surface area contributed by atoms with Crippen LogP contribution in [0.1, 0.15) is 20.8 Å². The number of hydrogen-bond donors (Lipinski definition) is 2. The molecular formula is C8H12ClFN4. The van der Waals surface area contributed by atoms with E-state index in [1.54, 1.807) is 0 Å². The summed E-state index contributed by atoms with van der Waals surface area (Å²) in [4.78, 5) is 7.18. The summed E-state index contributed by atoms with van der Waals surface area (Å²) < 4.78 is 13.1. The number of nitrogens with one attached hydrogen (secondary N) is 2. The van der Waals surface area contributed by atoms with E-state index >= 15 is 0 Å². The van der Waals surface area contributed by atoms with E-state index in [0.717, 1.165) is 6.20 Å². The fourth-order valence-electron chi connectivity index (χ4n) is 0.680. The van der Waals surface area contributed by atoms with Gasteiger partial charge in [-0.2, -0.15) is 4.98 Å². The summed E-state index contributed by atoms with van der Waals surface area (Å²) in [6.07, 6.45) is 1.02. The van der Waals surface area contributed by atoms with E-state index in [1.807, 2.05) is 20.8 Å². The van der Waals surface area contributed by atoms with Gasteiger partial charge >= 0.3 is 0 Å². The Morgan fingerprint density at radius 1 is 1.43 bits per heavy atom. The molecule has 0 aromatic carbocycles. The summed E-state index contributed by atoms with van der Waals surface area (Å²) >= 11 is 5.51. The molecule has 1 rings (SSSR count). The molecule has 2 N–H and O–H groups in total. The Kier molecular flexibility index (Phi) is 3.23. The average Bonchev–Trinajstić information content (AvgIpc) is 2.05. The number of anilines is 1. The monoisotopic (exact) mass is 218 g/mol. The Labute approximate surface area is 86.9 Å². The Hall–Kier alpha value is -0.940. The smallest absolute Gasteiger partial charge is 0.224 e. The topological polar surface area (TPSA) is 49.8 Å². The molecule has 0 amide bonds. The molecule has 0 aliphatic heterocycles. The third kappa shape index (κ3) is 3.43. The van der Waals surface area contributed by atoms with Crippen molar-refractivity contribution in [1.82, 2.24) is 15.4 Å². The van der Waals surface area contributed by atoms with Crippen LogP contribution in [0.2, 0.25) is 5.28 Å². The molecule has 0 aliphatic rings. The number of hydrogen-bond acceptors (Lipinski definition) is 4. The molecule has 6 heteroatoms. The molecule has 14 heavy (non-hydrogen) atoms. The molecule has 4 nitrogen and oxygen atoms in total. The van der Waals surface area contributed by atoms with Crippen molar-refractivity contribution in [2.24, 2.45) is 0 Å². The molecule has 0 aliphatic carbocycles. The van der Waals surface area contributed by atoms with Gasteiger partial charge in [0.1, 0.15) is 0 Å². The standard InChI is InChI=1S/C8H12ClFN4/c1-8(2,3)14-13-6-5(10)4-11-7(9)12-6/h4,14H,1-3H3,(H,11,12,13). The van der Waals surface area contributed by atoms with Gasteiger partial charge < -0.3 is 5.43 Å². The lowest BCUT2D eigenvalue weighted by Crippen LogP contribution is -2.40. The Bertz CT molecular complexity index is 324. The third-order valence-electron chi connectivity index (χ3n) is 1.27. The molecule has 0 unspecified atom stereocenters. The van der Waals surface area contributed by atoms with Crippen LogP contribution < -0.4 is 10.9 Å². The van der Waals surface area contributed by atoms with Gasteiger partial charge in [-0.15, -0.1) is 0 Å². The highest BCUT2D eigenvalue weighted by atomic mass is 35.5. The summed E-state index contributed by atoms with van der Waals surface area (Å²) in [5.41, 5.74) is 5.31. The van der Waals surface area contributed by atoms with Crippen molar-refractivity contribution in [1.29, 1.82) is 0 Å². The molecule has 0 saturated heterocycles. The molecular weight excluding hydrogens is 207 g/mol. The fraction of sp³-hybridized carbons (Fsp3) is 0.500. The van der Waals surface area contributed by atoms with Crippen LogP contribution in [0.25, 0.3) is 0 Å². The molecule has 0 saturated carbocycles. The molecule has 1 heterocycles. The van der Waals surface area contributed by atoms with E-state index in [9.17, 15) is 4.39 Å². The Morgan fingerprint density at radius 3 is 2.64 bits per heavy atom. The maximum Gasteiger partial charge on any atom is 0.224 e. The first kappa shape index (κ1) is 11.1. The maximum atomic E-state index is 13.1. The lowest BCUT2D eigenvalue weighted by Gasteiger charge is -2.21. The molecule has 78 valence electrons.